The highest BCUT2D eigenvalue weighted by Gasteiger charge is 2.12. The van der Waals surface area contributed by atoms with Gasteiger partial charge in [-0.15, -0.1) is 0 Å². The highest BCUT2D eigenvalue weighted by Crippen LogP contribution is 2.38. The van der Waals surface area contributed by atoms with E-state index in [1.807, 2.05) is 0 Å². The summed E-state index contributed by atoms with van der Waals surface area (Å²) in [6.45, 7) is 0. The van der Waals surface area contributed by atoms with Gasteiger partial charge in [0.25, 0.3) is 0 Å². The number of ether oxygens (including phenoxy) is 4. The van der Waals surface area contributed by atoms with Gasteiger partial charge in [0.1, 0.15) is 0 Å². The smallest absolute Gasteiger partial charge is 0.203 e. The second kappa shape index (κ2) is 8.10. The molecule has 25 heavy (non-hydrogen) atoms. The summed E-state index contributed by atoms with van der Waals surface area (Å²) >= 11 is 0. The third-order valence-electron chi connectivity index (χ3n) is 3.58. The van der Waals surface area contributed by atoms with Crippen LogP contribution in [0.15, 0.2) is 36.4 Å². The lowest BCUT2D eigenvalue weighted by atomic mass is 10.1. The summed E-state index contributed by atoms with van der Waals surface area (Å²) in [5.74, 6) is 1.44. The Labute approximate surface area is 146 Å². The van der Waals surface area contributed by atoms with Crippen LogP contribution < -0.4 is 18.9 Å². The quantitative estimate of drug-likeness (QED) is 0.613. The minimum absolute atomic E-state index is 0.0884. The van der Waals surface area contributed by atoms with E-state index in [1.165, 1.54) is 46.6 Å². The first-order valence-corrected chi connectivity index (χ1v) is 7.43. The molecule has 0 radical (unpaired) electrons. The Morgan fingerprint density at radius 3 is 1.96 bits per heavy atom. The molecule has 0 aliphatic rings. The Balaban J connectivity index is 2.29. The fourth-order valence-electron chi connectivity index (χ4n) is 2.31. The molecule has 0 aromatic heterocycles. The van der Waals surface area contributed by atoms with E-state index in [-0.39, 0.29) is 11.5 Å². The van der Waals surface area contributed by atoms with Crippen molar-refractivity contribution in [2.24, 2.45) is 0 Å². The van der Waals surface area contributed by atoms with Crippen LogP contribution in [0.4, 0.5) is 0 Å². The van der Waals surface area contributed by atoms with Crippen molar-refractivity contribution in [3.63, 3.8) is 0 Å². The molecule has 1 N–H and O–H groups in total. The molecule has 0 saturated carbocycles. The SMILES string of the molecule is COc1ccc(C(=O)/C=C/c2cc(OC)c(OC)c(OC)c2)cc1O. The van der Waals surface area contributed by atoms with E-state index in [4.69, 9.17) is 18.9 Å². The van der Waals surface area contributed by atoms with Crippen LogP contribution >= 0.6 is 0 Å². The zero-order valence-corrected chi connectivity index (χ0v) is 14.5. The lowest BCUT2D eigenvalue weighted by Crippen LogP contribution is -1.96. The van der Waals surface area contributed by atoms with Crippen LogP contribution in [0.1, 0.15) is 15.9 Å². The van der Waals surface area contributed by atoms with Crippen molar-refractivity contribution in [1.82, 2.24) is 0 Å². The minimum atomic E-state index is -0.258. The lowest BCUT2D eigenvalue weighted by Gasteiger charge is -2.12. The van der Waals surface area contributed by atoms with E-state index < -0.39 is 0 Å². The normalized spacial score (nSPS) is 10.6. The van der Waals surface area contributed by atoms with Crippen LogP contribution in [0.5, 0.6) is 28.7 Å². The van der Waals surface area contributed by atoms with Crippen molar-refractivity contribution < 1.29 is 28.8 Å². The van der Waals surface area contributed by atoms with Gasteiger partial charge in [-0.2, -0.15) is 0 Å². The number of allylic oxidation sites excluding steroid dienone is 1. The number of carbonyl (C=O) groups excluding carboxylic acids is 1. The van der Waals surface area contributed by atoms with Gasteiger partial charge < -0.3 is 24.1 Å². The van der Waals surface area contributed by atoms with Gasteiger partial charge in [0.05, 0.1) is 28.4 Å². The first-order chi connectivity index (χ1) is 12.0. The molecule has 0 aliphatic heterocycles. The molecular formula is C19H20O6. The second-order valence-corrected chi connectivity index (χ2v) is 5.04. The molecule has 0 heterocycles. The number of benzene rings is 2. The number of ketones is 1. The number of aromatic hydroxyl groups is 1. The zero-order chi connectivity index (χ0) is 18.4. The maximum absolute atomic E-state index is 12.3. The molecule has 0 aliphatic carbocycles. The monoisotopic (exact) mass is 344 g/mol. The molecule has 0 amide bonds. The predicted molar refractivity (Wildman–Crippen MR) is 94.1 cm³/mol. The summed E-state index contributed by atoms with van der Waals surface area (Å²) in [4.78, 5) is 12.3. The number of methoxy groups -OCH3 is 4. The Morgan fingerprint density at radius 2 is 1.48 bits per heavy atom. The third kappa shape index (κ3) is 4.03. The zero-order valence-electron chi connectivity index (χ0n) is 14.5. The molecule has 0 atom stereocenters. The van der Waals surface area contributed by atoms with E-state index in [0.717, 1.165) is 0 Å². The van der Waals surface area contributed by atoms with Crippen molar-refractivity contribution in [3.8, 4) is 28.7 Å². The number of hydrogen-bond donors (Lipinski definition) is 1. The second-order valence-electron chi connectivity index (χ2n) is 5.04. The van der Waals surface area contributed by atoms with Crippen LogP contribution in [0.25, 0.3) is 6.08 Å². The molecule has 0 unspecified atom stereocenters. The number of phenolic OH excluding ortho intramolecular Hbond substituents is 1. The summed E-state index contributed by atoms with van der Waals surface area (Å²) in [6, 6.07) is 7.95. The highest BCUT2D eigenvalue weighted by atomic mass is 16.5. The molecule has 6 nitrogen and oxygen atoms in total. The summed E-state index contributed by atoms with van der Waals surface area (Å²) in [5.41, 5.74) is 1.06. The molecular weight excluding hydrogens is 324 g/mol. The van der Waals surface area contributed by atoms with Crippen molar-refractivity contribution in [2.45, 2.75) is 0 Å². The Morgan fingerprint density at radius 1 is 0.880 bits per heavy atom. The van der Waals surface area contributed by atoms with Gasteiger partial charge in [-0.1, -0.05) is 6.08 Å². The van der Waals surface area contributed by atoms with Crippen LogP contribution in [0, 0.1) is 0 Å². The van der Waals surface area contributed by atoms with Gasteiger partial charge in [-0.25, -0.2) is 0 Å². The van der Waals surface area contributed by atoms with Crippen LogP contribution in [0.3, 0.4) is 0 Å². The first-order valence-electron chi connectivity index (χ1n) is 7.43. The average molecular weight is 344 g/mol. The van der Waals surface area contributed by atoms with Crippen molar-refractivity contribution in [1.29, 1.82) is 0 Å². The molecule has 2 rings (SSSR count). The van der Waals surface area contributed by atoms with Gasteiger partial charge in [0, 0.05) is 5.56 Å². The third-order valence-corrected chi connectivity index (χ3v) is 3.58. The van der Waals surface area contributed by atoms with Gasteiger partial charge in [0.2, 0.25) is 5.75 Å². The largest absolute Gasteiger partial charge is 0.504 e. The van der Waals surface area contributed by atoms with Crippen molar-refractivity contribution in [2.75, 3.05) is 28.4 Å². The lowest BCUT2D eigenvalue weighted by molar-refractivity contribution is 0.104. The molecule has 0 spiro atoms. The van der Waals surface area contributed by atoms with Crippen LogP contribution in [-0.4, -0.2) is 39.3 Å². The highest BCUT2D eigenvalue weighted by molar-refractivity contribution is 6.07. The molecule has 6 heteroatoms. The Kier molecular flexibility index (Phi) is 5.89. The fraction of sp³-hybridized carbons (Fsp3) is 0.211. The number of hydrogen-bond acceptors (Lipinski definition) is 6. The van der Waals surface area contributed by atoms with Gasteiger partial charge in [0.15, 0.2) is 28.8 Å². The number of phenols is 1. The Hall–Kier alpha value is -3.15. The summed E-state index contributed by atoms with van der Waals surface area (Å²) in [6.07, 6.45) is 3.04. The maximum Gasteiger partial charge on any atom is 0.203 e. The first kappa shape index (κ1) is 18.2. The Bertz CT molecular complexity index is 769. The van der Waals surface area contributed by atoms with E-state index in [1.54, 1.807) is 24.3 Å². The van der Waals surface area contributed by atoms with Crippen LogP contribution in [0.2, 0.25) is 0 Å². The number of rotatable bonds is 7. The average Bonchev–Trinajstić information content (AvgIpc) is 2.64. The molecule has 132 valence electrons. The molecule has 0 bridgehead atoms. The minimum Gasteiger partial charge on any atom is -0.504 e. The molecule has 2 aromatic carbocycles. The standard InChI is InChI=1S/C19H20O6/c1-22-16-8-6-13(11-15(16)21)14(20)7-5-12-9-17(23-2)19(25-4)18(10-12)24-3/h5-11,21H,1-4H3/b7-5+. The molecule has 0 saturated heterocycles. The number of carbonyl (C=O) groups is 1. The predicted octanol–water partition coefficient (Wildman–Crippen LogP) is 3.32. The topological polar surface area (TPSA) is 74.2 Å². The summed E-state index contributed by atoms with van der Waals surface area (Å²) in [5, 5.41) is 9.77. The van der Waals surface area contributed by atoms with E-state index >= 15 is 0 Å². The van der Waals surface area contributed by atoms with E-state index in [9.17, 15) is 9.90 Å². The van der Waals surface area contributed by atoms with E-state index in [2.05, 4.69) is 0 Å². The van der Waals surface area contributed by atoms with Crippen molar-refractivity contribution in [3.05, 3.63) is 47.5 Å². The van der Waals surface area contributed by atoms with E-state index in [0.29, 0.717) is 34.1 Å². The summed E-state index contributed by atoms with van der Waals surface area (Å²) in [7, 11) is 6.02. The van der Waals surface area contributed by atoms with Gasteiger partial charge in [-0.3, -0.25) is 4.79 Å². The fourth-order valence-corrected chi connectivity index (χ4v) is 2.31. The molecule has 2 aromatic rings. The van der Waals surface area contributed by atoms with Crippen LogP contribution in [-0.2, 0) is 0 Å². The van der Waals surface area contributed by atoms with Gasteiger partial charge in [-0.05, 0) is 42.0 Å². The van der Waals surface area contributed by atoms with Crippen molar-refractivity contribution >= 4 is 11.9 Å². The summed E-state index contributed by atoms with van der Waals surface area (Å²) < 4.78 is 20.8. The molecule has 0 fully saturated rings. The van der Waals surface area contributed by atoms with Gasteiger partial charge >= 0.3 is 0 Å². The maximum atomic E-state index is 12.3.